The predicted molar refractivity (Wildman–Crippen MR) is 38.0 cm³/mol. The number of aliphatic hydroxyl groups excluding tert-OH is 4. The highest BCUT2D eigenvalue weighted by Crippen LogP contribution is 2.17. The Morgan fingerprint density at radius 3 is 2.25 bits per heavy atom. The molecule has 6 nitrogen and oxygen atoms in total. The van der Waals surface area contributed by atoms with Crippen molar-refractivity contribution in [3.8, 4) is 0 Å². The van der Waals surface area contributed by atoms with Crippen molar-refractivity contribution in [2.75, 3.05) is 6.61 Å². The lowest BCUT2D eigenvalue weighted by Gasteiger charge is -2.38. The number of aliphatic hydroxyl groups is 4. The van der Waals surface area contributed by atoms with Gasteiger partial charge in [0.1, 0.15) is 18.3 Å². The van der Waals surface area contributed by atoms with Gasteiger partial charge >= 0.3 is 0 Å². The number of nitrogens with two attached hydrogens (primary N) is 1. The van der Waals surface area contributed by atoms with Gasteiger partial charge < -0.3 is 30.9 Å². The summed E-state index contributed by atoms with van der Waals surface area (Å²) in [6.07, 6.45) is -4.85. The zero-order valence-electron chi connectivity index (χ0n) is 6.37. The van der Waals surface area contributed by atoms with Crippen LogP contribution in [0.3, 0.4) is 0 Å². The molecule has 1 heterocycles. The van der Waals surface area contributed by atoms with Crippen LogP contribution >= 0.6 is 0 Å². The summed E-state index contributed by atoms with van der Waals surface area (Å²) in [5.41, 5.74) is 5.26. The molecule has 72 valence electrons. The number of hydrogen-bond donors (Lipinski definition) is 5. The van der Waals surface area contributed by atoms with Crippen LogP contribution < -0.4 is 5.73 Å². The van der Waals surface area contributed by atoms with Crippen LogP contribution in [-0.4, -0.2) is 57.7 Å². The lowest BCUT2D eigenvalue weighted by molar-refractivity contribution is -0.248. The molecule has 1 aliphatic rings. The third kappa shape index (κ3) is 1.58. The molecule has 1 rings (SSSR count). The van der Waals surface area contributed by atoms with Crippen LogP contribution in [0, 0.1) is 0 Å². The average molecular weight is 179 g/mol. The Hall–Kier alpha value is -0.240. The zero-order valence-corrected chi connectivity index (χ0v) is 6.37. The van der Waals surface area contributed by atoms with Crippen molar-refractivity contribution in [3.05, 3.63) is 0 Å². The van der Waals surface area contributed by atoms with E-state index >= 15 is 0 Å². The molecule has 1 fully saturated rings. The van der Waals surface area contributed by atoms with Crippen molar-refractivity contribution in [1.82, 2.24) is 0 Å². The van der Waals surface area contributed by atoms with Gasteiger partial charge in [0.2, 0.25) is 0 Å². The summed E-state index contributed by atoms with van der Waals surface area (Å²) in [6, 6.07) is -1.04. The minimum absolute atomic E-state index is 0.470. The molecular formula is C6H13NO5. The minimum atomic E-state index is -1.35. The summed E-state index contributed by atoms with van der Waals surface area (Å²) in [6.45, 7) is -0.470. The van der Waals surface area contributed by atoms with Gasteiger partial charge in [-0.1, -0.05) is 0 Å². The van der Waals surface area contributed by atoms with Gasteiger partial charge in [-0.25, -0.2) is 0 Å². The van der Waals surface area contributed by atoms with Gasteiger partial charge in [-0.2, -0.15) is 0 Å². The summed E-state index contributed by atoms with van der Waals surface area (Å²) in [5.74, 6) is 0. The average Bonchev–Trinajstić information content (AvgIpc) is 2.08. The lowest BCUT2D eigenvalue weighted by atomic mass is 9.98. The second-order valence-electron chi connectivity index (χ2n) is 2.81. The van der Waals surface area contributed by atoms with E-state index in [9.17, 15) is 10.2 Å². The van der Waals surface area contributed by atoms with E-state index in [1.807, 2.05) is 0 Å². The first-order chi connectivity index (χ1) is 5.57. The molecule has 6 heteroatoms. The Balaban J connectivity index is 2.63. The molecule has 5 atom stereocenters. The van der Waals surface area contributed by atoms with Crippen molar-refractivity contribution >= 4 is 0 Å². The number of hydrogen-bond acceptors (Lipinski definition) is 6. The van der Waals surface area contributed by atoms with Crippen LogP contribution in [0.2, 0.25) is 0 Å². The number of rotatable bonds is 1. The molecule has 1 saturated heterocycles. The van der Waals surface area contributed by atoms with Gasteiger partial charge in [0.05, 0.1) is 12.6 Å². The van der Waals surface area contributed by atoms with Gasteiger partial charge in [-0.3, -0.25) is 0 Å². The molecule has 0 aliphatic carbocycles. The first-order valence-corrected chi connectivity index (χ1v) is 3.64. The third-order valence-electron chi connectivity index (χ3n) is 1.95. The van der Waals surface area contributed by atoms with E-state index in [4.69, 9.17) is 20.7 Å². The molecule has 0 saturated carbocycles. The molecule has 1 aliphatic heterocycles. The fourth-order valence-corrected chi connectivity index (χ4v) is 1.12. The van der Waals surface area contributed by atoms with Gasteiger partial charge in [0, 0.05) is 0 Å². The van der Waals surface area contributed by atoms with Crippen molar-refractivity contribution < 1.29 is 25.2 Å². The van der Waals surface area contributed by atoms with E-state index in [0.717, 1.165) is 0 Å². The van der Waals surface area contributed by atoms with E-state index in [1.165, 1.54) is 0 Å². The van der Waals surface area contributed by atoms with Crippen LogP contribution in [0.5, 0.6) is 0 Å². The lowest BCUT2D eigenvalue weighted by Crippen LogP contribution is -2.61. The third-order valence-corrected chi connectivity index (χ3v) is 1.95. The van der Waals surface area contributed by atoms with E-state index < -0.39 is 37.3 Å². The van der Waals surface area contributed by atoms with Crippen molar-refractivity contribution in [1.29, 1.82) is 0 Å². The summed E-state index contributed by atoms with van der Waals surface area (Å²) in [5, 5.41) is 36.1. The summed E-state index contributed by atoms with van der Waals surface area (Å²) < 4.78 is 4.70. The molecule has 12 heavy (non-hydrogen) atoms. The second kappa shape index (κ2) is 3.65. The topological polar surface area (TPSA) is 116 Å². The zero-order chi connectivity index (χ0) is 9.30. The van der Waals surface area contributed by atoms with Crippen LogP contribution in [0.15, 0.2) is 0 Å². The molecule has 0 aromatic carbocycles. The first-order valence-electron chi connectivity index (χ1n) is 3.64. The smallest absolute Gasteiger partial charge is 0.173 e. The highest BCUT2D eigenvalue weighted by atomic mass is 16.6. The SMILES string of the molecule is NC1[C@@H](O)OC(CO)[C@H](O)[C@H]1O. The van der Waals surface area contributed by atoms with Crippen LogP contribution in [0.25, 0.3) is 0 Å². The Labute approximate surface area is 69.2 Å². The number of ether oxygens (including phenoxy) is 1. The minimum Gasteiger partial charge on any atom is -0.394 e. The van der Waals surface area contributed by atoms with Gasteiger partial charge in [-0.05, 0) is 0 Å². The van der Waals surface area contributed by atoms with Crippen molar-refractivity contribution in [2.24, 2.45) is 5.73 Å². The van der Waals surface area contributed by atoms with E-state index in [2.05, 4.69) is 0 Å². The molecule has 6 N–H and O–H groups in total. The van der Waals surface area contributed by atoms with Crippen molar-refractivity contribution in [3.63, 3.8) is 0 Å². The fraction of sp³-hybridized carbons (Fsp3) is 1.00. The molecule has 0 aromatic heterocycles. The summed E-state index contributed by atoms with van der Waals surface area (Å²) in [7, 11) is 0. The maximum Gasteiger partial charge on any atom is 0.173 e. The van der Waals surface area contributed by atoms with Crippen LogP contribution in [0.4, 0.5) is 0 Å². The van der Waals surface area contributed by atoms with Crippen molar-refractivity contribution in [2.45, 2.75) is 30.6 Å². The standard InChI is InChI=1S/C6H13NO5/c7-3-5(10)4(9)2(1-8)12-6(3)11/h2-6,8-11H,1,7H2/t2?,3?,4-,5-,6-/m0/s1. The summed E-state index contributed by atoms with van der Waals surface area (Å²) in [4.78, 5) is 0. The largest absolute Gasteiger partial charge is 0.394 e. The summed E-state index contributed by atoms with van der Waals surface area (Å²) >= 11 is 0. The van der Waals surface area contributed by atoms with E-state index in [1.54, 1.807) is 0 Å². The Morgan fingerprint density at radius 1 is 1.17 bits per heavy atom. The maximum atomic E-state index is 9.20. The monoisotopic (exact) mass is 179 g/mol. The molecule has 0 radical (unpaired) electrons. The molecule has 0 spiro atoms. The Bertz CT molecular complexity index is 150. The predicted octanol–water partition coefficient (Wildman–Crippen LogP) is -3.25. The molecule has 0 aromatic rings. The molecule has 0 bridgehead atoms. The normalized spacial score (nSPS) is 49.2. The first kappa shape index (κ1) is 9.85. The quantitative estimate of drug-likeness (QED) is 0.288. The molecule has 0 amide bonds. The van der Waals surface area contributed by atoms with Gasteiger partial charge in [0.25, 0.3) is 0 Å². The van der Waals surface area contributed by atoms with Crippen LogP contribution in [0.1, 0.15) is 0 Å². The Morgan fingerprint density at radius 2 is 1.75 bits per heavy atom. The van der Waals surface area contributed by atoms with E-state index in [0.29, 0.717) is 0 Å². The van der Waals surface area contributed by atoms with Gasteiger partial charge in [0.15, 0.2) is 6.29 Å². The maximum absolute atomic E-state index is 9.20. The second-order valence-corrected chi connectivity index (χ2v) is 2.81. The molecule has 2 unspecified atom stereocenters. The fourth-order valence-electron chi connectivity index (χ4n) is 1.12. The van der Waals surface area contributed by atoms with Crippen LogP contribution in [-0.2, 0) is 4.74 Å². The molecular weight excluding hydrogens is 166 g/mol. The van der Waals surface area contributed by atoms with E-state index in [-0.39, 0.29) is 0 Å². The Kier molecular flexibility index (Phi) is 2.99. The highest BCUT2D eigenvalue weighted by molar-refractivity contribution is 4.90. The van der Waals surface area contributed by atoms with Gasteiger partial charge in [-0.15, -0.1) is 0 Å². The highest BCUT2D eigenvalue weighted by Gasteiger charge is 2.41.